The maximum Gasteiger partial charge on any atom is 0.265 e. The molecular formula is C17H16Cl2N4O2. The molecule has 0 bridgehead atoms. The number of anilines is 1. The molecule has 130 valence electrons. The van der Waals surface area contributed by atoms with E-state index < -0.39 is 6.10 Å². The fourth-order valence-electron chi connectivity index (χ4n) is 2.43. The van der Waals surface area contributed by atoms with Gasteiger partial charge < -0.3 is 10.1 Å². The van der Waals surface area contributed by atoms with E-state index in [0.29, 0.717) is 21.5 Å². The first-order chi connectivity index (χ1) is 11.8. The second-order valence-electron chi connectivity index (χ2n) is 5.63. The van der Waals surface area contributed by atoms with Gasteiger partial charge in [-0.3, -0.25) is 9.48 Å². The van der Waals surface area contributed by atoms with Gasteiger partial charge in [-0.1, -0.05) is 23.2 Å². The lowest BCUT2D eigenvalue weighted by Crippen LogP contribution is -2.30. The summed E-state index contributed by atoms with van der Waals surface area (Å²) in [6.07, 6.45) is 0.841. The number of pyridine rings is 1. The number of hydrogen-bond acceptors (Lipinski definition) is 4. The lowest BCUT2D eigenvalue weighted by Gasteiger charge is -2.15. The Bertz CT molecular complexity index is 955. The maximum atomic E-state index is 12.4. The van der Waals surface area contributed by atoms with Crippen LogP contribution in [0.3, 0.4) is 0 Å². The van der Waals surface area contributed by atoms with Crippen molar-refractivity contribution in [2.75, 3.05) is 5.32 Å². The van der Waals surface area contributed by atoms with Crippen LogP contribution < -0.4 is 10.1 Å². The summed E-state index contributed by atoms with van der Waals surface area (Å²) in [6.45, 7) is 3.53. The van der Waals surface area contributed by atoms with E-state index in [1.54, 1.807) is 36.0 Å². The first kappa shape index (κ1) is 17.5. The van der Waals surface area contributed by atoms with Crippen molar-refractivity contribution in [3.63, 3.8) is 0 Å². The van der Waals surface area contributed by atoms with Crippen LogP contribution in [0.15, 0.2) is 30.5 Å². The van der Waals surface area contributed by atoms with E-state index in [2.05, 4.69) is 15.4 Å². The minimum absolute atomic E-state index is 0.311. The number of hydrogen-bond donors (Lipinski definition) is 1. The molecule has 2 heterocycles. The number of rotatable bonds is 4. The molecule has 0 fully saturated rings. The second-order valence-corrected chi connectivity index (χ2v) is 6.47. The first-order valence-corrected chi connectivity index (χ1v) is 8.32. The van der Waals surface area contributed by atoms with Gasteiger partial charge in [-0.25, -0.2) is 4.98 Å². The average molecular weight is 379 g/mol. The fourth-order valence-corrected chi connectivity index (χ4v) is 2.89. The zero-order valence-corrected chi connectivity index (χ0v) is 15.4. The van der Waals surface area contributed by atoms with E-state index in [0.717, 1.165) is 16.7 Å². The highest BCUT2D eigenvalue weighted by atomic mass is 35.5. The number of nitrogens with one attached hydrogen (secondary N) is 1. The minimum Gasteiger partial charge on any atom is -0.479 e. The highest BCUT2D eigenvalue weighted by Crippen LogP contribution is 2.28. The van der Waals surface area contributed by atoms with Crippen molar-refractivity contribution in [2.45, 2.75) is 20.0 Å². The highest BCUT2D eigenvalue weighted by Gasteiger charge is 2.17. The van der Waals surface area contributed by atoms with Crippen molar-refractivity contribution >= 4 is 45.8 Å². The quantitative estimate of drug-likeness (QED) is 0.744. The van der Waals surface area contributed by atoms with Crippen molar-refractivity contribution in [2.24, 2.45) is 7.05 Å². The molecule has 1 aromatic carbocycles. The molecule has 2 aromatic heterocycles. The van der Waals surface area contributed by atoms with Crippen LogP contribution in [0.25, 0.3) is 11.0 Å². The number of aryl methyl sites for hydroxylation is 2. The van der Waals surface area contributed by atoms with E-state index >= 15 is 0 Å². The average Bonchev–Trinajstić information content (AvgIpc) is 2.84. The van der Waals surface area contributed by atoms with Gasteiger partial charge in [0.15, 0.2) is 11.8 Å². The molecule has 0 aliphatic carbocycles. The third-order valence-corrected chi connectivity index (χ3v) is 4.23. The molecule has 0 aliphatic heterocycles. The van der Waals surface area contributed by atoms with Crippen LogP contribution in [0.1, 0.15) is 12.6 Å². The van der Waals surface area contributed by atoms with Crippen molar-refractivity contribution in [3.8, 4) is 5.75 Å². The number of amides is 1. The third-order valence-electron chi connectivity index (χ3n) is 3.70. The molecule has 1 N–H and O–H groups in total. The molecule has 1 amide bonds. The van der Waals surface area contributed by atoms with Crippen LogP contribution in [0.2, 0.25) is 10.0 Å². The topological polar surface area (TPSA) is 69.0 Å². The van der Waals surface area contributed by atoms with E-state index in [4.69, 9.17) is 27.9 Å². The SMILES string of the molecule is Cc1nn(C)c2ncc(NC(=O)C(C)Oc3ccc(Cl)cc3Cl)cc12. The summed E-state index contributed by atoms with van der Waals surface area (Å²) in [5.41, 5.74) is 2.18. The molecule has 0 radical (unpaired) electrons. The molecule has 8 heteroatoms. The number of benzene rings is 1. The summed E-state index contributed by atoms with van der Waals surface area (Å²) >= 11 is 11.9. The number of carbonyl (C=O) groups excluding carboxylic acids is 1. The summed E-state index contributed by atoms with van der Waals surface area (Å²) in [7, 11) is 1.83. The van der Waals surface area contributed by atoms with Crippen LogP contribution in [0, 0.1) is 6.92 Å². The maximum absolute atomic E-state index is 12.4. The number of nitrogens with zero attached hydrogens (tertiary/aromatic N) is 3. The standard InChI is InChI=1S/C17H16Cl2N4O2/c1-9-13-7-12(8-20-16(13)23(3)22-9)21-17(24)10(2)25-15-5-4-11(18)6-14(15)19/h4-8,10H,1-3H3,(H,21,24). The number of halogens is 2. The first-order valence-electron chi connectivity index (χ1n) is 7.57. The Hall–Kier alpha value is -2.31. The molecule has 0 aliphatic rings. The molecule has 0 saturated heterocycles. The van der Waals surface area contributed by atoms with Crippen molar-refractivity contribution < 1.29 is 9.53 Å². The van der Waals surface area contributed by atoms with Crippen LogP contribution in [0.4, 0.5) is 5.69 Å². The Labute approximate surface area is 154 Å². The summed E-state index contributed by atoms with van der Waals surface area (Å²) in [5.74, 6) is 0.0825. The molecule has 3 aromatic rings. The summed E-state index contributed by atoms with van der Waals surface area (Å²) in [5, 5.41) is 8.83. The molecular weight excluding hydrogens is 363 g/mol. The number of carbonyl (C=O) groups is 1. The van der Waals surface area contributed by atoms with Crippen LogP contribution in [0.5, 0.6) is 5.75 Å². The molecule has 25 heavy (non-hydrogen) atoms. The number of ether oxygens (including phenoxy) is 1. The van der Waals surface area contributed by atoms with Gasteiger partial charge in [0, 0.05) is 17.5 Å². The Balaban J connectivity index is 1.74. The third kappa shape index (κ3) is 3.70. The van der Waals surface area contributed by atoms with Crippen molar-refractivity contribution in [1.82, 2.24) is 14.8 Å². The lowest BCUT2D eigenvalue weighted by molar-refractivity contribution is -0.122. The Kier molecular flexibility index (Phi) is 4.83. The Morgan fingerprint density at radius 1 is 1.32 bits per heavy atom. The van der Waals surface area contributed by atoms with Gasteiger partial charge in [0.2, 0.25) is 0 Å². The van der Waals surface area contributed by atoms with E-state index in [-0.39, 0.29) is 5.91 Å². The van der Waals surface area contributed by atoms with Gasteiger partial charge >= 0.3 is 0 Å². The monoisotopic (exact) mass is 378 g/mol. The van der Waals surface area contributed by atoms with Gasteiger partial charge in [-0.2, -0.15) is 5.10 Å². The van der Waals surface area contributed by atoms with Gasteiger partial charge in [0.05, 0.1) is 22.6 Å². The second kappa shape index (κ2) is 6.90. The predicted octanol–water partition coefficient (Wildman–Crippen LogP) is 3.99. The summed E-state index contributed by atoms with van der Waals surface area (Å²) in [6, 6.07) is 6.67. The van der Waals surface area contributed by atoms with Crippen LogP contribution in [-0.4, -0.2) is 26.8 Å². The van der Waals surface area contributed by atoms with Crippen LogP contribution >= 0.6 is 23.2 Å². The van der Waals surface area contributed by atoms with Gasteiger partial charge in [-0.05, 0) is 38.1 Å². The van der Waals surface area contributed by atoms with E-state index in [1.807, 2.05) is 20.0 Å². The van der Waals surface area contributed by atoms with Gasteiger partial charge in [0.1, 0.15) is 5.75 Å². The van der Waals surface area contributed by atoms with Crippen molar-refractivity contribution in [3.05, 3.63) is 46.2 Å². The van der Waals surface area contributed by atoms with E-state index in [1.165, 1.54) is 0 Å². The lowest BCUT2D eigenvalue weighted by atomic mass is 10.2. The van der Waals surface area contributed by atoms with Gasteiger partial charge in [0.25, 0.3) is 5.91 Å². The molecule has 0 spiro atoms. The number of fused-ring (bicyclic) bond motifs is 1. The Morgan fingerprint density at radius 2 is 2.08 bits per heavy atom. The van der Waals surface area contributed by atoms with Crippen molar-refractivity contribution in [1.29, 1.82) is 0 Å². The fraction of sp³-hybridized carbons (Fsp3) is 0.235. The van der Waals surface area contributed by atoms with Crippen LogP contribution in [-0.2, 0) is 11.8 Å². The minimum atomic E-state index is -0.746. The largest absolute Gasteiger partial charge is 0.479 e. The van der Waals surface area contributed by atoms with Gasteiger partial charge in [-0.15, -0.1) is 0 Å². The molecule has 0 saturated carbocycles. The predicted molar refractivity (Wildman–Crippen MR) is 98.4 cm³/mol. The normalized spacial score (nSPS) is 12.2. The zero-order chi connectivity index (χ0) is 18.1. The summed E-state index contributed by atoms with van der Waals surface area (Å²) < 4.78 is 7.31. The smallest absolute Gasteiger partial charge is 0.265 e. The molecule has 1 unspecified atom stereocenters. The zero-order valence-electron chi connectivity index (χ0n) is 13.9. The molecule has 6 nitrogen and oxygen atoms in total. The Morgan fingerprint density at radius 3 is 2.80 bits per heavy atom. The molecule has 1 atom stereocenters. The number of aromatic nitrogens is 3. The highest BCUT2D eigenvalue weighted by molar-refractivity contribution is 6.35. The molecule has 3 rings (SSSR count). The summed E-state index contributed by atoms with van der Waals surface area (Å²) in [4.78, 5) is 16.7. The van der Waals surface area contributed by atoms with E-state index in [9.17, 15) is 4.79 Å².